The first-order valence-corrected chi connectivity index (χ1v) is 8.81. The molecule has 2 heterocycles. The van der Waals surface area contributed by atoms with E-state index in [9.17, 15) is 4.79 Å². The average Bonchev–Trinajstić information content (AvgIpc) is 3.22. The summed E-state index contributed by atoms with van der Waals surface area (Å²) < 4.78 is 5.16. The number of carbonyl (C=O) groups excluding carboxylic acids is 1. The number of benzene rings is 1. The minimum absolute atomic E-state index is 0.140. The van der Waals surface area contributed by atoms with Gasteiger partial charge in [-0.2, -0.15) is 4.98 Å². The highest BCUT2D eigenvalue weighted by molar-refractivity contribution is 7.16. The van der Waals surface area contributed by atoms with Crippen molar-refractivity contribution in [3.8, 4) is 10.7 Å². The average molecular weight is 356 g/mol. The van der Waals surface area contributed by atoms with Crippen molar-refractivity contribution in [3.63, 3.8) is 0 Å². The van der Waals surface area contributed by atoms with Gasteiger partial charge in [-0.15, -0.1) is 11.3 Å². The van der Waals surface area contributed by atoms with Gasteiger partial charge in [-0.25, -0.2) is 0 Å². The van der Waals surface area contributed by atoms with E-state index in [0.29, 0.717) is 23.7 Å². The van der Waals surface area contributed by atoms with Crippen molar-refractivity contribution in [2.24, 2.45) is 0 Å². The van der Waals surface area contributed by atoms with Crippen LogP contribution in [-0.2, 0) is 6.42 Å². The molecule has 130 valence electrons. The molecule has 0 saturated carbocycles. The molecule has 6 nitrogen and oxygen atoms in total. The van der Waals surface area contributed by atoms with Crippen LogP contribution in [0.15, 0.2) is 34.9 Å². The van der Waals surface area contributed by atoms with Crippen LogP contribution in [-0.4, -0.2) is 30.1 Å². The van der Waals surface area contributed by atoms with Crippen molar-refractivity contribution in [2.75, 3.05) is 24.3 Å². The lowest BCUT2D eigenvalue weighted by Crippen LogP contribution is -2.14. The molecular weight excluding hydrogens is 336 g/mol. The van der Waals surface area contributed by atoms with Crippen molar-refractivity contribution in [3.05, 3.63) is 46.7 Å². The molecule has 0 radical (unpaired) electrons. The highest BCUT2D eigenvalue weighted by Gasteiger charge is 2.15. The number of thiophene rings is 1. The summed E-state index contributed by atoms with van der Waals surface area (Å²) in [4.78, 5) is 20.7. The highest BCUT2D eigenvalue weighted by atomic mass is 32.1. The van der Waals surface area contributed by atoms with E-state index in [4.69, 9.17) is 4.52 Å². The van der Waals surface area contributed by atoms with Crippen LogP contribution in [0.25, 0.3) is 10.7 Å². The van der Waals surface area contributed by atoms with E-state index in [1.165, 1.54) is 11.3 Å². The molecule has 0 fully saturated rings. The third kappa shape index (κ3) is 3.71. The van der Waals surface area contributed by atoms with Crippen molar-refractivity contribution in [1.82, 2.24) is 10.1 Å². The van der Waals surface area contributed by atoms with Gasteiger partial charge >= 0.3 is 0 Å². The summed E-state index contributed by atoms with van der Waals surface area (Å²) in [5, 5.41) is 6.96. The van der Waals surface area contributed by atoms with E-state index in [-0.39, 0.29) is 5.91 Å². The van der Waals surface area contributed by atoms with Crippen LogP contribution in [0.3, 0.4) is 0 Å². The van der Waals surface area contributed by atoms with Gasteiger partial charge in [-0.1, -0.05) is 18.1 Å². The minimum atomic E-state index is -0.140. The first kappa shape index (κ1) is 17.2. The number of aromatic nitrogens is 2. The Bertz CT molecular complexity index is 898. The molecule has 1 aromatic carbocycles. The van der Waals surface area contributed by atoms with E-state index in [1.807, 2.05) is 57.1 Å². The molecule has 1 N–H and O–H groups in total. The zero-order valence-electron chi connectivity index (χ0n) is 14.7. The number of amides is 1. The van der Waals surface area contributed by atoms with Crippen molar-refractivity contribution in [2.45, 2.75) is 20.3 Å². The predicted molar refractivity (Wildman–Crippen MR) is 100 cm³/mol. The third-order valence-corrected chi connectivity index (χ3v) is 4.83. The fraction of sp³-hybridized carbons (Fsp3) is 0.278. The third-order valence-electron chi connectivity index (χ3n) is 3.78. The fourth-order valence-electron chi connectivity index (χ4n) is 2.33. The number of hydrogen-bond donors (Lipinski definition) is 1. The van der Waals surface area contributed by atoms with Gasteiger partial charge in [0.2, 0.25) is 11.7 Å². The molecule has 0 aliphatic carbocycles. The van der Waals surface area contributed by atoms with Crippen LogP contribution in [0.2, 0.25) is 0 Å². The maximum Gasteiger partial charge on any atom is 0.255 e. The second-order valence-electron chi connectivity index (χ2n) is 5.84. The second-order valence-corrected chi connectivity index (χ2v) is 7.10. The zero-order valence-corrected chi connectivity index (χ0v) is 15.5. The Morgan fingerprint density at radius 2 is 2.12 bits per heavy atom. The molecule has 3 rings (SSSR count). The molecule has 7 heteroatoms. The van der Waals surface area contributed by atoms with Crippen LogP contribution in [0, 0.1) is 6.92 Å². The number of nitrogens with zero attached hydrogens (tertiary/aromatic N) is 3. The normalized spacial score (nSPS) is 10.7. The number of carbonyl (C=O) groups is 1. The first-order chi connectivity index (χ1) is 12.0. The Kier molecular flexibility index (Phi) is 4.85. The van der Waals surface area contributed by atoms with Crippen molar-refractivity contribution >= 4 is 28.6 Å². The number of rotatable bonds is 5. The summed E-state index contributed by atoms with van der Waals surface area (Å²) in [7, 11) is 3.89. The van der Waals surface area contributed by atoms with Crippen LogP contribution >= 0.6 is 11.3 Å². The second kappa shape index (κ2) is 7.06. The molecule has 3 aromatic rings. The van der Waals surface area contributed by atoms with Crippen LogP contribution in [0.4, 0.5) is 11.4 Å². The van der Waals surface area contributed by atoms with Gasteiger partial charge in [0.1, 0.15) is 0 Å². The first-order valence-electron chi connectivity index (χ1n) is 8.00. The van der Waals surface area contributed by atoms with E-state index >= 15 is 0 Å². The van der Waals surface area contributed by atoms with Gasteiger partial charge in [0.25, 0.3) is 5.91 Å². The summed E-state index contributed by atoms with van der Waals surface area (Å²) in [6, 6.07) is 9.40. The fourth-order valence-corrected chi connectivity index (χ4v) is 3.24. The Hall–Kier alpha value is -2.67. The maximum absolute atomic E-state index is 12.6. The molecule has 0 spiro atoms. The largest absolute Gasteiger partial charge is 0.378 e. The van der Waals surface area contributed by atoms with Crippen LogP contribution in [0.5, 0.6) is 0 Å². The number of aryl methyl sites for hydroxylation is 2. The lowest BCUT2D eigenvalue weighted by Gasteiger charge is -2.13. The summed E-state index contributed by atoms with van der Waals surface area (Å²) in [5.41, 5.74) is 2.36. The van der Waals surface area contributed by atoms with Gasteiger partial charge < -0.3 is 14.7 Å². The van der Waals surface area contributed by atoms with Gasteiger partial charge in [0.05, 0.1) is 10.6 Å². The standard InChI is InChI=1S/C18H20N4O2S/c1-5-16-20-17(21-24-16)15-10-14(11(2)25-15)19-18(23)12-7-6-8-13(9-12)22(3)4/h6-10H,5H2,1-4H3,(H,19,23). The molecule has 0 aliphatic heterocycles. The van der Waals surface area contributed by atoms with Gasteiger partial charge in [0, 0.05) is 36.6 Å². The topological polar surface area (TPSA) is 71.3 Å². The molecular formula is C18H20N4O2S. The predicted octanol–water partition coefficient (Wildman–Crippen LogP) is 3.99. The molecule has 0 saturated heterocycles. The molecule has 0 bridgehead atoms. The molecule has 1 amide bonds. The number of hydrogen-bond acceptors (Lipinski definition) is 6. The van der Waals surface area contributed by atoms with Crippen LogP contribution < -0.4 is 10.2 Å². The minimum Gasteiger partial charge on any atom is -0.378 e. The molecule has 2 aromatic heterocycles. The molecule has 25 heavy (non-hydrogen) atoms. The quantitative estimate of drug-likeness (QED) is 0.748. The monoisotopic (exact) mass is 356 g/mol. The smallest absolute Gasteiger partial charge is 0.255 e. The molecule has 0 unspecified atom stereocenters. The van der Waals surface area contributed by atoms with Gasteiger partial charge in [-0.3, -0.25) is 4.79 Å². The lowest BCUT2D eigenvalue weighted by atomic mass is 10.1. The highest BCUT2D eigenvalue weighted by Crippen LogP contribution is 2.33. The van der Waals surface area contributed by atoms with E-state index in [2.05, 4.69) is 15.5 Å². The Morgan fingerprint density at radius 3 is 2.80 bits per heavy atom. The Balaban J connectivity index is 1.81. The number of nitrogens with one attached hydrogen (secondary N) is 1. The summed E-state index contributed by atoms with van der Waals surface area (Å²) >= 11 is 1.53. The van der Waals surface area contributed by atoms with Gasteiger partial charge in [-0.05, 0) is 31.2 Å². The Morgan fingerprint density at radius 1 is 1.32 bits per heavy atom. The SMILES string of the molecule is CCc1nc(-c2cc(NC(=O)c3cccc(N(C)C)c3)c(C)s2)no1. The van der Waals surface area contributed by atoms with Gasteiger partial charge in [0.15, 0.2) is 0 Å². The van der Waals surface area contributed by atoms with Crippen LogP contribution in [0.1, 0.15) is 28.0 Å². The molecule has 0 aliphatic rings. The summed E-state index contributed by atoms with van der Waals surface area (Å²) in [6.45, 7) is 3.92. The molecule has 0 atom stereocenters. The van der Waals surface area contributed by atoms with E-state index < -0.39 is 0 Å². The van der Waals surface area contributed by atoms with E-state index in [1.54, 1.807) is 6.07 Å². The van der Waals surface area contributed by atoms with E-state index in [0.717, 1.165) is 21.1 Å². The van der Waals surface area contributed by atoms with Crippen molar-refractivity contribution in [1.29, 1.82) is 0 Å². The maximum atomic E-state index is 12.6. The summed E-state index contributed by atoms with van der Waals surface area (Å²) in [6.07, 6.45) is 0.698. The Labute approximate surface area is 150 Å². The number of anilines is 2. The lowest BCUT2D eigenvalue weighted by molar-refractivity contribution is 0.102. The van der Waals surface area contributed by atoms with Crippen molar-refractivity contribution < 1.29 is 9.32 Å². The summed E-state index contributed by atoms with van der Waals surface area (Å²) in [5.74, 6) is 1.02. The zero-order chi connectivity index (χ0) is 18.0.